The first-order valence-corrected chi connectivity index (χ1v) is 9.61. The number of ether oxygens (including phenoxy) is 1. The Labute approximate surface area is 159 Å². The van der Waals surface area contributed by atoms with E-state index in [2.05, 4.69) is 45.7 Å². The van der Waals surface area contributed by atoms with Gasteiger partial charge in [-0.2, -0.15) is 0 Å². The van der Waals surface area contributed by atoms with E-state index in [0.717, 1.165) is 34.8 Å². The second-order valence-corrected chi connectivity index (χ2v) is 7.08. The minimum absolute atomic E-state index is 0.0689. The first kappa shape index (κ1) is 19.5. The highest BCUT2D eigenvalue weighted by Gasteiger charge is 2.14. The van der Waals surface area contributed by atoms with E-state index < -0.39 is 5.97 Å². The van der Waals surface area contributed by atoms with E-state index in [1.807, 2.05) is 12.1 Å². The van der Waals surface area contributed by atoms with Crippen LogP contribution in [0, 0.1) is 0 Å². The van der Waals surface area contributed by atoms with Crippen molar-refractivity contribution >= 4 is 33.7 Å². The summed E-state index contributed by atoms with van der Waals surface area (Å²) in [6, 6.07) is 6.04. The number of aryl methyl sites for hydroxylation is 1. The molecule has 6 nitrogen and oxygen atoms in total. The molecule has 1 aromatic heterocycles. The van der Waals surface area contributed by atoms with Crippen molar-refractivity contribution in [2.24, 2.45) is 0 Å². The monoisotopic (exact) mass is 425 g/mol. The van der Waals surface area contributed by atoms with Gasteiger partial charge >= 0.3 is 5.97 Å². The molecule has 0 unspecified atom stereocenters. The molecule has 0 aliphatic rings. The summed E-state index contributed by atoms with van der Waals surface area (Å²) in [7, 11) is 0. The van der Waals surface area contributed by atoms with Gasteiger partial charge in [0.1, 0.15) is 12.4 Å². The van der Waals surface area contributed by atoms with Gasteiger partial charge in [0.15, 0.2) is 11.0 Å². The topological polar surface area (TPSA) is 77.2 Å². The van der Waals surface area contributed by atoms with Gasteiger partial charge in [0, 0.05) is 6.54 Å². The number of thioether (sulfide) groups is 1. The Morgan fingerprint density at radius 3 is 2.92 bits per heavy atom. The lowest BCUT2D eigenvalue weighted by Gasteiger charge is -2.11. The van der Waals surface area contributed by atoms with Crippen LogP contribution in [0.4, 0.5) is 0 Å². The molecule has 0 amide bonds. The van der Waals surface area contributed by atoms with Crippen LogP contribution in [0.3, 0.4) is 0 Å². The zero-order chi connectivity index (χ0) is 18.2. The highest BCUT2D eigenvalue weighted by molar-refractivity contribution is 9.10. The number of hydrogen-bond donors (Lipinski definition) is 1. The quantitative estimate of drug-likeness (QED) is 0.458. The predicted molar refractivity (Wildman–Crippen MR) is 101 cm³/mol. The van der Waals surface area contributed by atoms with Gasteiger partial charge in [0.25, 0.3) is 0 Å². The number of carbonyl (C=O) groups is 1. The smallest absolute Gasteiger partial charge is 0.313 e. The fourth-order valence-corrected chi connectivity index (χ4v) is 3.45. The number of benzene rings is 1. The Balaban J connectivity index is 2.09. The molecule has 0 saturated heterocycles. The molecule has 0 spiro atoms. The van der Waals surface area contributed by atoms with Gasteiger partial charge in [-0.05, 0) is 40.0 Å². The number of nitrogens with zero attached hydrogens (tertiary/aromatic N) is 3. The first-order valence-electron chi connectivity index (χ1n) is 7.84. The van der Waals surface area contributed by atoms with E-state index in [4.69, 9.17) is 9.84 Å². The van der Waals surface area contributed by atoms with E-state index in [-0.39, 0.29) is 12.4 Å². The summed E-state index contributed by atoms with van der Waals surface area (Å²) >= 11 is 4.66. The van der Waals surface area contributed by atoms with Crippen molar-refractivity contribution < 1.29 is 14.6 Å². The van der Waals surface area contributed by atoms with Crippen molar-refractivity contribution in [3.8, 4) is 5.75 Å². The highest BCUT2D eigenvalue weighted by atomic mass is 79.9. The summed E-state index contributed by atoms with van der Waals surface area (Å²) in [5.41, 5.74) is 1.25. The second kappa shape index (κ2) is 9.62. The van der Waals surface area contributed by atoms with Gasteiger partial charge in [0.05, 0.1) is 10.2 Å². The predicted octanol–water partition coefficient (Wildman–Crippen LogP) is 3.93. The fraction of sp³-hybridized carbons (Fsp3) is 0.353. The Bertz CT molecular complexity index is 749. The molecule has 2 aromatic rings. The minimum atomic E-state index is -0.896. The summed E-state index contributed by atoms with van der Waals surface area (Å²) in [5.74, 6) is 0.387. The molecule has 8 heteroatoms. The molecule has 1 aromatic carbocycles. The van der Waals surface area contributed by atoms with Gasteiger partial charge in [-0.1, -0.05) is 37.2 Å². The zero-order valence-corrected chi connectivity index (χ0v) is 16.3. The van der Waals surface area contributed by atoms with Crippen LogP contribution >= 0.6 is 27.7 Å². The maximum absolute atomic E-state index is 10.7. The van der Waals surface area contributed by atoms with Crippen LogP contribution in [0.2, 0.25) is 0 Å². The van der Waals surface area contributed by atoms with Crippen LogP contribution in [0.1, 0.15) is 24.7 Å². The van der Waals surface area contributed by atoms with Crippen LogP contribution < -0.4 is 4.74 Å². The van der Waals surface area contributed by atoms with Crippen molar-refractivity contribution in [3.63, 3.8) is 0 Å². The molecule has 1 heterocycles. The van der Waals surface area contributed by atoms with Gasteiger partial charge in [-0.15, -0.1) is 16.8 Å². The number of carboxylic acids is 1. The lowest BCUT2D eigenvalue weighted by Crippen LogP contribution is -2.08. The molecule has 0 fully saturated rings. The van der Waals surface area contributed by atoms with Crippen LogP contribution in [0.25, 0.3) is 0 Å². The van der Waals surface area contributed by atoms with E-state index in [9.17, 15) is 4.79 Å². The minimum Gasteiger partial charge on any atom is -0.484 e. The van der Waals surface area contributed by atoms with Gasteiger partial charge < -0.3 is 9.84 Å². The molecule has 0 atom stereocenters. The number of rotatable bonds is 10. The van der Waals surface area contributed by atoms with E-state index in [0.29, 0.717) is 17.5 Å². The van der Waals surface area contributed by atoms with Gasteiger partial charge in [0.2, 0.25) is 0 Å². The van der Waals surface area contributed by atoms with Gasteiger partial charge in [-0.3, -0.25) is 9.36 Å². The fourth-order valence-electron chi connectivity index (χ4n) is 2.22. The van der Waals surface area contributed by atoms with Crippen LogP contribution in [0.5, 0.6) is 5.75 Å². The molecule has 2 rings (SSSR count). The molecule has 0 bridgehead atoms. The summed E-state index contributed by atoms with van der Waals surface area (Å²) in [6.45, 7) is 6.59. The molecule has 0 radical (unpaired) electrons. The number of halogens is 1. The highest BCUT2D eigenvalue weighted by Crippen LogP contribution is 2.27. The SMILES string of the molecule is C=CCn1c(COc2ccc(CCC)cc2Br)nnc1SCC(=O)O. The lowest BCUT2D eigenvalue weighted by atomic mass is 10.1. The van der Waals surface area contributed by atoms with Gasteiger partial charge in [-0.25, -0.2) is 0 Å². The Hall–Kier alpha value is -1.80. The van der Waals surface area contributed by atoms with Crippen LogP contribution in [-0.2, 0) is 24.4 Å². The van der Waals surface area contributed by atoms with E-state index >= 15 is 0 Å². The summed E-state index contributed by atoms with van der Waals surface area (Å²) in [4.78, 5) is 10.7. The molecule has 25 heavy (non-hydrogen) atoms. The standard InChI is InChI=1S/C17H20BrN3O3S/c1-3-5-12-6-7-14(13(18)9-12)24-10-15-19-20-17(21(15)8-4-2)25-11-16(22)23/h4,6-7,9H,2-3,5,8,10-11H2,1H3,(H,22,23). The van der Waals surface area contributed by atoms with Crippen molar-refractivity contribution in [3.05, 3.63) is 46.7 Å². The Morgan fingerprint density at radius 1 is 1.48 bits per heavy atom. The third-order valence-electron chi connectivity index (χ3n) is 3.32. The van der Waals surface area contributed by atoms with Crippen molar-refractivity contribution in [1.82, 2.24) is 14.8 Å². The summed E-state index contributed by atoms with van der Waals surface area (Å²) < 4.78 is 8.55. The molecule has 0 saturated carbocycles. The summed E-state index contributed by atoms with van der Waals surface area (Å²) in [5, 5.41) is 17.5. The van der Waals surface area contributed by atoms with E-state index in [1.54, 1.807) is 10.6 Å². The average Bonchev–Trinajstić information content (AvgIpc) is 2.95. The molecular weight excluding hydrogens is 406 g/mol. The second-order valence-electron chi connectivity index (χ2n) is 5.28. The maximum atomic E-state index is 10.7. The molecule has 134 valence electrons. The molecule has 0 aliphatic heterocycles. The van der Waals surface area contributed by atoms with E-state index in [1.165, 1.54) is 5.56 Å². The third-order valence-corrected chi connectivity index (χ3v) is 4.89. The van der Waals surface area contributed by atoms with Crippen LogP contribution in [0.15, 0.2) is 40.5 Å². The lowest BCUT2D eigenvalue weighted by molar-refractivity contribution is -0.133. The first-order chi connectivity index (χ1) is 12.0. The average molecular weight is 426 g/mol. The zero-order valence-electron chi connectivity index (χ0n) is 13.9. The molecular formula is C17H20BrN3O3S. The Kier molecular flexibility index (Phi) is 7.52. The van der Waals surface area contributed by atoms with Crippen LogP contribution in [-0.4, -0.2) is 31.6 Å². The number of hydrogen-bond acceptors (Lipinski definition) is 5. The largest absolute Gasteiger partial charge is 0.484 e. The summed E-state index contributed by atoms with van der Waals surface area (Å²) in [6.07, 6.45) is 3.83. The normalized spacial score (nSPS) is 10.6. The third kappa shape index (κ3) is 5.61. The van der Waals surface area contributed by atoms with Crippen molar-refractivity contribution in [2.45, 2.75) is 38.1 Å². The van der Waals surface area contributed by atoms with Crippen molar-refractivity contribution in [2.75, 3.05) is 5.75 Å². The number of carboxylic acid groups (broad SMARTS) is 1. The number of aliphatic carboxylic acids is 1. The number of allylic oxidation sites excluding steroid dienone is 1. The molecule has 0 aliphatic carbocycles. The molecule has 1 N–H and O–H groups in total. The van der Waals surface area contributed by atoms with Crippen molar-refractivity contribution in [1.29, 1.82) is 0 Å². The maximum Gasteiger partial charge on any atom is 0.313 e. The Morgan fingerprint density at radius 2 is 2.28 bits per heavy atom. The number of aromatic nitrogens is 3.